The van der Waals surface area contributed by atoms with E-state index in [0.29, 0.717) is 19.1 Å². The van der Waals surface area contributed by atoms with Gasteiger partial charge in [-0.1, -0.05) is 26.2 Å². The van der Waals surface area contributed by atoms with Gasteiger partial charge in [0.05, 0.1) is 0 Å². The molecular formula is C15H31N3O2S. The highest BCUT2D eigenvalue weighted by Crippen LogP contribution is 2.25. The van der Waals surface area contributed by atoms with Crippen molar-refractivity contribution in [2.75, 3.05) is 26.7 Å². The minimum absolute atomic E-state index is 0.209. The molecule has 0 spiro atoms. The summed E-state index contributed by atoms with van der Waals surface area (Å²) in [6.45, 7) is 4.05. The molecule has 0 heterocycles. The van der Waals surface area contributed by atoms with E-state index in [4.69, 9.17) is 0 Å². The number of hydrogen-bond donors (Lipinski definition) is 1. The molecule has 2 rings (SSSR count). The molecule has 2 saturated carbocycles. The van der Waals surface area contributed by atoms with Crippen LogP contribution in [0.15, 0.2) is 0 Å². The van der Waals surface area contributed by atoms with Gasteiger partial charge < -0.3 is 5.32 Å². The number of rotatable bonds is 9. The zero-order chi connectivity index (χ0) is 15.3. The maximum Gasteiger partial charge on any atom is 0.281 e. The van der Waals surface area contributed by atoms with Crippen LogP contribution in [-0.4, -0.2) is 55.8 Å². The summed E-state index contributed by atoms with van der Waals surface area (Å²) in [6, 6.07) is 0.905. The van der Waals surface area contributed by atoms with Crippen LogP contribution >= 0.6 is 0 Å². The van der Waals surface area contributed by atoms with Crippen LogP contribution in [0.4, 0.5) is 0 Å². The minimum atomic E-state index is -3.30. The fraction of sp³-hybridized carbons (Fsp3) is 1.00. The second kappa shape index (κ2) is 7.90. The van der Waals surface area contributed by atoms with Crippen LogP contribution in [0.3, 0.4) is 0 Å². The van der Waals surface area contributed by atoms with Gasteiger partial charge in [0.25, 0.3) is 10.2 Å². The van der Waals surface area contributed by atoms with Crippen molar-refractivity contribution in [1.29, 1.82) is 0 Å². The average Bonchev–Trinajstić information content (AvgIpc) is 3.29. The van der Waals surface area contributed by atoms with Crippen molar-refractivity contribution in [3.8, 4) is 0 Å². The molecule has 0 aromatic heterocycles. The maximum atomic E-state index is 12.7. The topological polar surface area (TPSA) is 52.7 Å². The molecule has 0 bridgehead atoms. The van der Waals surface area contributed by atoms with Gasteiger partial charge in [-0.15, -0.1) is 0 Å². The Bertz CT molecular complexity index is 403. The van der Waals surface area contributed by atoms with Crippen LogP contribution in [0.25, 0.3) is 0 Å². The first-order valence-electron chi connectivity index (χ1n) is 8.52. The number of nitrogens with zero attached hydrogens (tertiary/aromatic N) is 2. The van der Waals surface area contributed by atoms with Crippen LogP contribution in [0.2, 0.25) is 0 Å². The Labute approximate surface area is 130 Å². The molecule has 0 atom stereocenters. The van der Waals surface area contributed by atoms with E-state index in [0.717, 1.165) is 38.6 Å². The molecule has 6 heteroatoms. The Morgan fingerprint density at radius 3 is 2.33 bits per heavy atom. The molecule has 2 fully saturated rings. The highest BCUT2D eigenvalue weighted by molar-refractivity contribution is 7.86. The van der Waals surface area contributed by atoms with Gasteiger partial charge in [0, 0.05) is 32.2 Å². The molecule has 0 aromatic carbocycles. The first-order chi connectivity index (χ1) is 10.1. The van der Waals surface area contributed by atoms with Crippen LogP contribution in [0.5, 0.6) is 0 Å². The molecule has 0 unspecified atom stereocenters. The molecule has 0 aromatic rings. The summed E-state index contributed by atoms with van der Waals surface area (Å²) in [5.74, 6) is 0. The lowest BCUT2D eigenvalue weighted by atomic mass is 9.95. The smallest absolute Gasteiger partial charge is 0.281 e. The Kier molecular flexibility index (Phi) is 6.47. The van der Waals surface area contributed by atoms with Gasteiger partial charge in [0.2, 0.25) is 0 Å². The van der Waals surface area contributed by atoms with Crippen molar-refractivity contribution in [3.63, 3.8) is 0 Å². The summed E-state index contributed by atoms with van der Waals surface area (Å²) < 4.78 is 28.7. The van der Waals surface area contributed by atoms with E-state index in [2.05, 4.69) is 5.32 Å². The fourth-order valence-electron chi connectivity index (χ4n) is 3.17. The molecule has 0 aliphatic heterocycles. The van der Waals surface area contributed by atoms with E-state index >= 15 is 0 Å². The molecule has 0 radical (unpaired) electrons. The van der Waals surface area contributed by atoms with Crippen LogP contribution < -0.4 is 5.32 Å². The molecule has 1 N–H and O–H groups in total. The largest absolute Gasteiger partial charge is 0.314 e. The molecule has 2 aliphatic carbocycles. The minimum Gasteiger partial charge on any atom is -0.314 e. The van der Waals surface area contributed by atoms with E-state index in [9.17, 15) is 8.42 Å². The summed E-state index contributed by atoms with van der Waals surface area (Å²) in [5, 5.41) is 3.43. The normalized spacial score (nSPS) is 21.3. The molecule has 0 amide bonds. The maximum absolute atomic E-state index is 12.7. The van der Waals surface area contributed by atoms with Gasteiger partial charge in [-0.05, 0) is 38.6 Å². The van der Waals surface area contributed by atoms with Crippen molar-refractivity contribution >= 4 is 10.2 Å². The average molecular weight is 317 g/mol. The number of hydrogen-bond acceptors (Lipinski definition) is 3. The third-order valence-electron chi connectivity index (χ3n) is 4.64. The van der Waals surface area contributed by atoms with Crippen LogP contribution in [-0.2, 0) is 10.2 Å². The van der Waals surface area contributed by atoms with Gasteiger partial charge >= 0.3 is 0 Å². The summed E-state index contributed by atoms with van der Waals surface area (Å²) in [7, 11) is -1.58. The number of nitrogens with one attached hydrogen (secondary N) is 1. The van der Waals surface area contributed by atoms with Crippen molar-refractivity contribution in [2.45, 2.75) is 70.4 Å². The summed E-state index contributed by atoms with van der Waals surface area (Å²) >= 11 is 0. The highest BCUT2D eigenvalue weighted by Gasteiger charge is 2.32. The Hall–Kier alpha value is -0.170. The molecule has 0 saturated heterocycles. The third kappa shape index (κ3) is 4.91. The Balaban J connectivity index is 1.83. The van der Waals surface area contributed by atoms with Gasteiger partial charge in [0.1, 0.15) is 0 Å². The van der Waals surface area contributed by atoms with Crippen molar-refractivity contribution < 1.29 is 8.42 Å². The van der Waals surface area contributed by atoms with Gasteiger partial charge in [-0.2, -0.15) is 17.0 Å². The first-order valence-corrected chi connectivity index (χ1v) is 9.92. The third-order valence-corrected chi connectivity index (χ3v) is 6.76. The van der Waals surface area contributed by atoms with Gasteiger partial charge in [0.15, 0.2) is 0 Å². The fourth-order valence-corrected chi connectivity index (χ4v) is 4.80. The molecule has 21 heavy (non-hydrogen) atoms. The molecule has 2 aliphatic rings. The van der Waals surface area contributed by atoms with Crippen LogP contribution in [0, 0.1) is 0 Å². The van der Waals surface area contributed by atoms with E-state index in [1.54, 1.807) is 15.7 Å². The lowest BCUT2D eigenvalue weighted by molar-refractivity contribution is 0.245. The van der Waals surface area contributed by atoms with E-state index in [1.807, 2.05) is 6.92 Å². The van der Waals surface area contributed by atoms with Crippen molar-refractivity contribution in [2.24, 2.45) is 0 Å². The van der Waals surface area contributed by atoms with Gasteiger partial charge in [-0.3, -0.25) is 0 Å². The zero-order valence-electron chi connectivity index (χ0n) is 13.6. The molecular weight excluding hydrogens is 286 g/mol. The quantitative estimate of drug-likeness (QED) is 0.661. The van der Waals surface area contributed by atoms with E-state index in [-0.39, 0.29) is 6.04 Å². The van der Waals surface area contributed by atoms with Gasteiger partial charge in [-0.25, -0.2) is 0 Å². The lowest BCUT2D eigenvalue weighted by Crippen LogP contribution is -2.48. The Morgan fingerprint density at radius 1 is 1.10 bits per heavy atom. The van der Waals surface area contributed by atoms with E-state index < -0.39 is 10.2 Å². The standard InChI is InChI=1S/C15H31N3O2S/c1-3-18(15-8-5-4-6-9-15)21(19,20)17(2)13-7-12-16-14-10-11-14/h14-16H,3-13H2,1-2H3. The first kappa shape index (κ1) is 17.2. The Morgan fingerprint density at radius 2 is 1.76 bits per heavy atom. The monoisotopic (exact) mass is 317 g/mol. The predicted molar refractivity (Wildman–Crippen MR) is 86.4 cm³/mol. The summed E-state index contributed by atoms with van der Waals surface area (Å²) in [5.41, 5.74) is 0. The van der Waals surface area contributed by atoms with Crippen molar-refractivity contribution in [3.05, 3.63) is 0 Å². The highest BCUT2D eigenvalue weighted by atomic mass is 32.2. The lowest BCUT2D eigenvalue weighted by Gasteiger charge is -2.35. The summed E-state index contributed by atoms with van der Waals surface area (Å²) in [6.07, 6.45) is 9.04. The second-order valence-electron chi connectivity index (χ2n) is 6.41. The van der Waals surface area contributed by atoms with Crippen molar-refractivity contribution in [1.82, 2.24) is 13.9 Å². The van der Waals surface area contributed by atoms with E-state index in [1.165, 1.54) is 19.3 Å². The second-order valence-corrected chi connectivity index (χ2v) is 8.39. The van der Waals surface area contributed by atoms with Crippen LogP contribution in [0.1, 0.15) is 58.3 Å². The predicted octanol–water partition coefficient (Wildman–Crippen LogP) is 1.96. The summed E-state index contributed by atoms with van der Waals surface area (Å²) in [4.78, 5) is 0. The zero-order valence-corrected chi connectivity index (χ0v) is 14.4. The molecule has 5 nitrogen and oxygen atoms in total. The SMILES string of the molecule is CCN(C1CCCCC1)S(=O)(=O)N(C)CCCNC1CC1. The molecule has 124 valence electrons.